The number of alkyl carbamates (subject to hydrolysis) is 1. The zero-order valence-corrected chi connectivity index (χ0v) is 21.8. The number of hydrogen-bond donors (Lipinski definition) is 3. The lowest BCUT2D eigenvalue weighted by molar-refractivity contribution is -0.144. The molecular weight excluding hydrogens is 478 g/mol. The van der Waals surface area contributed by atoms with Crippen LogP contribution in [0.5, 0.6) is 5.75 Å². The van der Waals surface area contributed by atoms with Crippen molar-refractivity contribution in [3.63, 3.8) is 0 Å². The normalized spacial score (nSPS) is 12.6. The molecule has 0 radical (unpaired) electrons. The minimum absolute atomic E-state index is 0.0633. The maximum absolute atomic E-state index is 13.9. The van der Waals surface area contributed by atoms with Gasteiger partial charge in [0.1, 0.15) is 30.0 Å². The molecule has 2 aromatic carbocycles. The molecule has 0 saturated carbocycles. The minimum atomic E-state index is -1.08. The van der Waals surface area contributed by atoms with Gasteiger partial charge >= 0.3 is 12.1 Å². The van der Waals surface area contributed by atoms with Crippen LogP contribution < -0.4 is 10.6 Å². The van der Waals surface area contributed by atoms with Crippen LogP contribution in [0.1, 0.15) is 44.9 Å². The van der Waals surface area contributed by atoms with Crippen LogP contribution in [0.25, 0.3) is 0 Å². The highest BCUT2D eigenvalue weighted by molar-refractivity contribution is 5.93. The first-order valence-electron chi connectivity index (χ1n) is 11.9. The maximum atomic E-state index is 13.9. The van der Waals surface area contributed by atoms with Crippen LogP contribution in [-0.2, 0) is 30.3 Å². The summed E-state index contributed by atoms with van der Waals surface area (Å²) in [7, 11) is 1.21. The Kier molecular flexibility index (Phi) is 10.5. The number of aromatic hydroxyl groups is 1. The number of phenolic OH excluding ortho intramolecular Hbond substituents is 1. The molecule has 0 aliphatic carbocycles. The highest BCUT2D eigenvalue weighted by atomic mass is 16.6. The Bertz CT molecular complexity index is 1070. The van der Waals surface area contributed by atoms with Gasteiger partial charge in [0.25, 0.3) is 0 Å². The smallest absolute Gasteiger partial charge is 0.408 e. The van der Waals surface area contributed by atoms with E-state index in [4.69, 9.17) is 4.74 Å². The van der Waals surface area contributed by atoms with Gasteiger partial charge < -0.3 is 30.1 Å². The number of rotatable bonds is 10. The first-order chi connectivity index (χ1) is 17.4. The third kappa shape index (κ3) is 9.14. The lowest BCUT2D eigenvalue weighted by atomic mass is 10.0. The van der Waals surface area contributed by atoms with Gasteiger partial charge in [-0.1, -0.05) is 42.5 Å². The van der Waals surface area contributed by atoms with Crippen LogP contribution in [0.3, 0.4) is 0 Å². The summed E-state index contributed by atoms with van der Waals surface area (Å²) in [4.78, 5) is 52.7. The van der Waals surface area contributed by atoms with E-state index in [1.54, 1.807) is 70.2 Å². The van der Waals surface area contributed by atoms with Gasteiger partial charge in [-0.15, -0.1) is 0 Å². The summed E-state index contributed by atoms with van der Waals surface area (Å²) in [6, 6.07) is 12.7. The first kappa shape index (κ1) is 29.2. The number of benzene rings is 2. The number of carbonyl (C=O) groups excluding carboxylic acids is 4. The molecule has 2 rings (SSSR count). The SMILES string of the molecule is CCN(C(=O)C(Cc1ccc(O)cc1)NC(=O)OC(C)(C)C)C(C(=O)NCC(=O)OC)c1ccccc1. The highest BCUT2D eigenvalue weighted by Gasteiger charge is 2.35. The molecule has 0 bridgehead atoms. The first-order valence-corrected chi connectivity index (χ1v) is 11.9. The summed E-state index contributed by atoms with van der Waals surface area (Å²) in [5, 5.41) is 14.8. The van der Waals surface area contributed by atoms with Crippen molar-refractivity contribution in [1.29, 1.82) is 0 Å². The standard InChI is InChI=1S/C27H35N3O7/c1-6-30(23(19-10-8-7-9-11-19)24(33)28-17-22(32)36-5)25(34)21(29-26(35)37-27(2,3)4)16-18-12-14-20(31)15-13-18/h7-15,21,23,31H,6,16-17H2,1-5H3,(H,28,33)(H,29,35). The predicted molar refractivity (Wildman–Crippen MR) is 137 cm³/mol. The van der Waals surface area contributed by atoms with Crippen molar-refractivity contribution < 1.29 is 33.8 Å². The Morgan fingerprint density at radius 2 is 1.62 bits per heavy atom. The lowest BCUT2D eigenvalue weighted by Gasteiger charge is -2.33. The van der Waals surface area contributed by atoms with Gasteiger partial charge in [-0.2, -0.15) is 0 Å². The van der Waals surface area contributed by atoms with E-state index in [1.165, 1.54) is 24.1 Å². The summed E-state index contributed by atoms with van der Waals surface area (Å²) in [5.74, 6) is -1.67. The quantitative estimate of drug-likeness (QED) is 0.416. The van der Waals surface area contributed by atoms with Crippen molar-refractivity contribution in [2.75, 3.05) is 20.2 Å². The molecule has 2 atom stereocenters. The Labute approximate surface area is 216 Å². The van der Waals surface area contributed by atoms with Crippen molar-refractivity contribution in [1.82, 2.24) is 15.5 Å². The number of nitrogens with zero attached hydrogens (tertiary/aromatic N) is 1. The molecule has 0 spiro atoms. The van der Waals surface area contributed by atoms with Crippen molar-refractivity contribution in [2.45, 2.75) is 51.8 Å². The number of nitrogens with one attached hydrogen (secondary N) is 2. The zero-order chi connectivity index (χ0) is 27.6. The molecule has 3 amide bonds. The maximum Gasteiger partial charge on any atom is 0.408 e. The van der Waals surface area contributed by atoms with Crippen LogP contribution in [-0.4, -0.2) is 65.7 Å². The summed E-state index contributed by atoms with van der Waals surface area (Å²) in [5.41, 5.74) is 0.413. The van der Waals surface area contributed by atoms with E-state index in [9.17, 15) is 24.3 Å². The van der Waals surface area contributed by atoms with Gasteiger partial charge in [0.05, 0.1) is 7.11 Å². The summed E-state index contributed by atoms with van der Waals surface area (Å²) in [6.07, 6.45) is -0.702. The molecule has 0 fully saturated rings. The number of ether oxygens (including phenoxy) is 2. The fraction of sp³-hybridized carbons (Fsp3) is 0.407. The summed E-state index contributed by atoms with van der Waals surface area (Å²) in [6.45, 7) is 6.60. The highest BCUT2D eigenvalue weighted by Crippen LogP contribution is 2.23. The number of hydrogen-bond acceptors (Lipinski definition) is 7. The Morgan fingerprint density at radius 1 is 1.00 bits per heavy atom. The van der Waals surface area contributed by atoms with Crippen molar-refractivity contribution >= 4 is 23.9 Å². The second-order valence-corrected chi connectivity index (χ2v) is 9.30. The second kappa shape index (κ2) is 13.3. The molecule has 10 heteroatoms. The van der Waals surface area contributed by atoms with Gasteiger partial charge in [-0.25, -0.2) is 4.79 Å². The molecule has 2 unspecified atom stereocenters. The molecule has 2 aromatic rings. The number of esters is 1. The molecule has 0 aromatic heterocycles. The minimum Gasteiger partial charge on any atom is -0.508 e. The van der Waals surface area contributed by atoms with E-state index in [1.807, 2.05) is 0 Å². The van der Waals surface area contributed by atoms with E-state index in [-0.39, 0.29) is 25.3 Å². The van der Waals surface area contributed by atoms with Crippen molar-refractivity contribution in [2.24, 2.45) is 0 Å². The molecule has 37 heavy (non-hydrogen) atoms. The largest absolute Gasteiger partial charge is 0.508 e. The topological polar surface area (TPSA) is 134 Å². The van der Waals surface area contributed by atoms with Gasteiger partial charge in [-0.05, 0) is 51.0 Å². The van der Waals surface area contributed by atoms with Crippen LogP contribution in [0, 0.1) is 0 Å². The summed E-state index contributed by atoms with van der Waals surface area (Å²) < 4.78 is 9.97. The van der Waals surface area contributed by atoms with Crippen molar-refractivity contribution in [3.05, 3.63) is 65.7 Å². The van der Waals surface area contributed by atoms with Crippen LogP contribution >= 0.6 is 0 Å². The number of methoxy groups -OCH3 is 1. The number of phenols is 1. The molecule has 10 nitrogen and oxygen atoms in total. The zero-order valence-electron chi connectivity index (χ0n) is 21.8. The molecule has 0 aliphatic rings. The second-order valence-electron chi connectivity index (χ2n) is 9.30. The molecule has 200 valence electrons. The van der Waals surface area contributed by atoms with Crippen LogP contribution in [0.2, 0.25) is 0 Å². The van der Waals surface area contributed by atoms with E-state index in [0.717, 1.165) is 0 Å². The number of amides is 3. The lowest BCUT2D eigenvalue weighted by Crippen LogP contribution is -2.54. The molecule has 3 N–H and O–H groups in total. The van der Waals surface area contributed by atoms with E-state index < -0.39 is 41.6 Å². The monoisotopic (exact) mass is 513 g/mol. The fourth-order valence-electron chi connectivity index (χ4n) is 3.62. The molecule has 0 heterocycles. The van der Waals surface area contributed by atoms with Gasteiger partial charge in [0.15, 0.2) is 0 Å². The van der Waals surface area contributed by atoms with E-state index in [2.05, 4.69) is 15.4 Å². The Morgan fingerprint density at radius 3 is 2.16 bits per heavy atom. The Hall–Kier alpha value is -4.08. The van der Waals surface area contributed by atoms with Gasteiger partial charge in [0, 0.05) is 13.0 Å². The molecular formula is C27H35N3O7. The van der Waals surface area contributed by atoms with Crippen LogP contribution in [0.15, 0.2) is 54.6 Å². The number of carbonyl (C=O) groups is 4. The average Bonchev–Trinajstić information content (AvgIpc) is 2.85. The fourth-order valence-corrected chi connectivity index (χ4v) is 3.62. The van der Waals surface area contributed by atoms with E-state index >= 15 is 0 Å². The van der Waals surface area contributed by atoms with Crippen LogP contribution in [0.4, 0.5) is 4.79 Å². The third-order valence-electron chi connectivity index (χ3n) is 5.30. The van der Waals surface area contributed by atoms with Gasteiger partial charge in [0.2, 0.25) is 11.8 Å². The third-order valence-corrected chi connectivity index (χ3v) is 5.30. The van der Waals surface area contributed by atoms with E-state index in [0.29, 0.717) is 11.1 Å². The molecule has 0 aliphatic heterocycles. The Balaban J connectivity index is 2.42. The average molecular weight is 514 g/mol. The molecule has 0 saturated heterocycles. The number of likely N-dealkylation sites (N-methyl/N-ethyl adjacent to an activating group) is 1. The summed E-state index contributed by atoms with van der Waals surface area (Å²) >= 11 is 0. The predicted octanol–water partition coefficient (Wildman–Crippen LogP) is 2.71. The van der Waals surface area contributed by atoms with Crippen molar-refractivity contribution in [3.8, 4) is 5.75 Å². The van der Waals surface area contributed by atoms with Gasteiger partial charge in [-0.3, -0.25) is 14.4 Å².